The largest absolute Gasteiger partial charge is 0.397 e. The maximum Gasteiger partial charge on any atom is 0.397 e. The monoisotopic (exact) mass is 224 g/mol. The van der Waals surface area contributed by atoms with Gasteiger partial charge in [-0.25, -0.2) is 4.18 Å². The number of nitrogens with two attached hydrogens (primary N) is 1. The summed E-state index contributed by atoms with van der Waals surface area (Å²) < 4.78 is 32.6. The predicted molar refractivity (Wildman–Crippen MR) is 46.7 cm³/mol. The van der Waals surface area contributed by atoms with Crippen LogP contribution in [0.4, 0.5) is 0 Å². The third-order valence-electron chi connectivity index (χ3n) is 1.84. The van der Waals surface area contributed by atoms with Crippen LogP contribution in [-0.2, 0) is 19.4 Å². The van der Waals surface area contributed by atoms with Crippen molar-refractivity contribution in [2.45, 2.75) is 12.5 Å². The number of likely N-dealkylation sites (tertiary alicyclic amines) is 1. The molecule has 0 bridgehead atoms. The van der Waals surface area contributed by atoms with Gasteiger partial charge in [-0.15, -0.1) is 0 Å². The second-order valence-electron chi connectivity index (χ2n) is 3.05. The van der Waals surface area contributed by atoms with Crippen molar-refractivity contribution in [2.24, 2.45) is 5.73 Å². The van der Waals surface area contributed by atoms with Crippen molar-refractivity contribution in [1.82, 2.24) is 4.90 Å². The Balaban J connectivity index is 2.29. The molecule has 0 aromatic carbocycles. The lowest BCUT2D eigenvalue weighted by Gasteiger charge is -2.14. The minimum Gasteiger partial charge on any atom is -0.339 e. The second-order valence-corrected chi connectivity index (χ2v) is 4.14. The summed E-state index contributed by atoms with van der Waals surface area (Å²) >= 11 is 0. The first kappa shape index (κ1) is 11.4. The molecular weight excluding hydrogens is 212 g/mol. The van der Waals surface area contributed by atoms with Crippen molar-refractivity contribution in [3.05, 3.63) is 0 Å². The zero-order valence-corrected chi connectivity index (χ0v) is 8.24. The SMILES string of the molecule is NC1CC(=O)N(CCOS(=O)(=O)O)C1. The van der Waals surface area contributed by atoms with E-state index in [0.717, 1.165) is 0 Å². The van der Waals surface area contributed by atoms with Crippen molar-refractivity contribution in [3.8, 4) is 0 Å². The van der Waals surface area contributed by atoms with Crippen molar-refractivity contribution in [3.63, 3.8) is 0 Å². The van der Waals surface area contributed by atoms with Gasteiger partial charge in [0.15, 0.2) is 0 Å². The summed E-state index contributed by atoms with van der Waals surface area (Å²) in [6.45, 7) is 0.261. The highest BCUT2D eigenvalue weighted by molar-refractivity contribution is 7.80. The maximum absolute atomic E-state index is 11.1. The normalized spacial score (nSPS) is 23.1. The van der Waals surface area contributed by atoms with Crippen LogP contribution in [0, 0.1) is 0 Å². The van der Waals surface area contributed by atoms with Crippen molar-refractivity contribution < 1.29 is 21.9 Å². The summed E-state index contributed by atoms with van der Waals surface area (Å²) in [5.41, 5.74) is 5.50. The number of amides is 1. The fraction of sp³-hybridized carbons (Fsp3) is 0.833. The summed E-state index contributed by atoms with van der Waals surface area (Å²) in [7, 11) is -4.42. The molecule has 1 amide bonds. The molecule has 82 valence electrons. The van der Waals surface area contributed by atoms with Crippen molar-refractivity contribution >= 4 is 16.3 Å². The molecule has 0 radical (unpaired) electrons. The van der Waals surface area contributed by atoms with Crippen LogP contribution in [0.15, 0.2) is 0 Å². The Morgan fingerprint density at radius 3 is 2.71 bits per heavy atom. The maximum atomic E-state index is 11.1. The van der Waals surface area contributed by atoms with Gasteiger partial charge in [0.1, 0.15) is 0 Å². The van der Waals surface area contributed by atoms with Crippen LogP contribution < -0.4 is 5.73 Å². The Morgan fingerprint density at radius 2 is 2.29 bits per heavy atom. The van der Waals surface area contributed by atoms with E-state index >= 15 is 0 Å². The van der Waals surface area contributed by atoms with E-state index in [1.54, 1.807) is 0 Å². The molecule has 1 aliphatic heterocycles. The first-order valence-electron chi connectivity index (χ1n) is 4.03. The summed E-state index contributed by atoms with van der Waals surface area (Å²) in [4.78, 5) is 12.5. The Labute approximate surface area is 81.8 Å². The minimum atomic E-state index is -4.42. The predicted octanol–water partition coefficient (Wildman–Crippen LogP) is -1.63. The van der Waals surface area contributed by atoms with Gasteiger partial charge >= 0.3 is 10.4 Å². The van der Waals surface area contributed by atoms with Crippen LogP contribution in [0.3, 0.4) is 0 Å². The highest BCUT2D eigenvalue weighted by Gasteiger charge is 2.26. The highest BCUT2D eigenvalue weighted by atomic mass is 32.3. The van der Waals surface area contributed by atoms with Crippen LogP contribution in [0.1, 0.15) is 6.42 Å². The molecule has 0 aliphatic carbocycles. The standard InChI is InChI=1S/C6H12N2O5S/c7-5-3-6(9)8(4-5)1-2-13-14(10,11)12/h5H,1-4,7H2,(H,10,11,12). The number of nitrogens with zero attached hydrogens (tertiary/aromatic N) is 1. The molecule has 1 aliphatic rings. The van der Waals surface area contributed by atoms with E-state index in [-0.39, 0.29) is 31.5 Å². The van der Waals surface area contributed by atoms with E-state index in [4.69, 9.17) is 10.3 Å². The Bertz CT molecular complexity index is 314. The minimum absolute atomic E-state index is 0.117. The van der Waals surface area contributed by atoms with Gasteiger partial charge in [0, 0.05) is 25.6 Å². The van der Waals surface area contributed by atoms with Gasteiger partial charge in [-0.1, -0.05) is 0 Å². The number of rotatable bonds is 4. The van der Waals surface area contributed by atoms with E-state index in [2.05, 4.69) is 4.18 Å². The number of carbonyl (C=O) groups is 1. The van der Waals surface area contributed by atoms with Crippen LogP contribution in [-0.4, -0.2) is 49.5 Å². The second kappa shape index (κ2) is 4.22. The first-order chi connectivity index (χ1) is 6.38. The van der Waals surface area contributed by atoms with Crippen molar-refractivity contribution in [1.29, 1.82) is 0 Å². The first-order valence-corrected chi connectivity index (χ1v) is 5.40. The number of carbonyl (C=O) groups excluding carboxylic acids is 1. The average molecular weight is 224 g/mol. The molecule has 7 nitrogen and oxygen atoms in total. The fourth-order valence-corrected chi connectivity index (χ4v) is 1.56. The third-order valence-corrected chi connectivity index (χ3v) is 2.30. The van der Waals surface area contributed by atoms with E-state index < -0.39 is 10.4 Å². The smallest absolute Gasteiger partial charge is 0.339 e. The highest BCUT2D eigenvalue weighted by Crippen LogP contribution is 2.08. The van der Waals surface area contributed by atoms with Gasteiger partial charge in [0.25, 0.3) is 0 Å². The van der Waals surface area contributed by atoms with E-state index in [0.29, 0.717) is 6.54 Å². The average Bonchev–Trinajstić information content (AvgIpc) is 2.27. The van der Waals surface area contributed by atoms with E-state index in [9.17, 15) is 13.2 Å². The molecule has 8 heteroatoms. The molecule has 0 spiro atoms. The lowest BCUT2D eigenvalue weighted by atomic mass is 10.3. The van der Waals surface area contributed by atoms with E-state index in [1.165, 1.54) is 4.90 Å². The molecule has 1 fully saturated rings. The molecule has 0 aromatic rings. The van der Waals surface area contributed by atoms with Crippen molar-refractivity contribution in [2.75, 3.05) is 19.7 Å². The molecule has 14 heavy (non-hydrogen) atoms. The lowest BCUT2D eigenvalue weighted by molar-refractivity contribution is -0.128. The molecule has 1 atom stereocenters. The fourth-order valence-electron chi connectivity index (χ4n) is 1.27. The quantitative estimate of drug-likeness (QED) is 0.554. The van der Waals surface area contributed by atoms with Crippen LogP contribution in [0.25, 0.3) is 0 Å². The topological polar surface area (TPSA) is 110 Å². The zero-order chi connectivity index (χ0) is 10.8. The number of hydrogen-bond acceptors (Lipinski definition) is 5. The zero-order valence-electron chi connectivity index (χ0n) is 7.42. The molecule has 0 saturated carbocycles. The Hall–Kier alpha value is -0.700. The number of hydrogen-bond donors (Lipinski definition) is 2. The van der Waals surface area contributed by atoms with Crippen LogP contribution >= 0.6 is 0 Å². The van der Waals surface area contributed by atoms with Crippen LogP contribution in [0.2, 0.25) is 0 Å². The Morgan fingerprint density at radius 1 is 1.64 bits per heavy atom. The molecule has 1 unspecified atom stereocenters. The summed E-state index contributed by atoms with van der Waals surface area (Å²) in [6.07, 6.45) is 0.270. The molecular formula is C6H12N2O5S. The van der Waals surface area contributed by atoms with Gasteiger partial charge in [-0.05, 0) is 0 Å². The van der Waals surface area contributed by atoms with Gasteiger partial charge in [0.05, 0.1) is 6.61 Å². The van der Waals surface area contributed by atoms with Gasteiger partial charge in [0.2, 0.25) is 5.91 Å². The van der Waals surface area contributed by atoms with Gasteiger partial charge < -0.3 is 10.6 Å². The lowest BCUT2D eigenvalue weighted by Crippen LogP contribution is -2.31. The molecule has 1 heterocycles. The third kappa shape index (κ3) is 3.58. The summed E-state index contributed by atoms with van der Waals surface area (Å²) in [5.74, 6) is -0.128. The molecule has 3 N–H and O–H groups in total. The summed E-state index contributed by atoms with van der Waals surface area (Å²) in [5, 5.41) is 0. The van der Waals surface area contributed by atoms with Gasteiger partial charge in [-0.2, -0.15) is 8.42 Å². The van der Waals surface area contributed by atoms with Gasteiger partial charge in [-0.3, -0.25) is 9.35 Å². The molecule has 1 saturated heterocycles. The van der Waals surface area contributed by atoms with Crippen LogP contribution in [0.5, 0.6) is 0 Å². The molecule has 0 aromatic heterocycles. The molecule has 1 rings (SSSR count). The summed E-state index contributed by atoms with van der Waals surface area (Å²) in [6, 6.07) is -0.201. The Kier molecular flexibility index (Phi) is 3.43. The van der Waals surface area contributed by atoms with E-state index in [1.807, 2.05) is 0 Å².